The molecule has 140 valence electrons. The predicted octanol–water partition coefficient (Wildman–Crippen LogP) is 4.20. The normalized spacial score (nSPS) is 18.6. The van der Waals surface area contributed by atoms with Crippen molar-refractivity contribution in [1.82, 2.24) is 14.8 Å². The second kappa shape index (κ2) is 7.08. The van der Waals surface area contributed by atoms with Crippen molar-refractivity contribution in [1.29, 1.82) is 0 Å². The molecular formula is C19H19ClFN5O. The highest BCUT2D eigenvalue weighted by Crippen LogP contribution is 2.41. The number of aromatic nitrogens is 3. The number of nitrogen functional groups attached to an aromatic ring is 1. The summed E-state index contributed by atoms with van der Waals surface area (Å²) in [5.41, 5.74) is 7.21. The summed E-state index contributed by atoms with van der Waals surface area (Å²) in [7, 11) is 0. The van der Waals surface area contributed by atoms with Gasteiger partial charge in [0, 0.05) is 10.6 Å². The first kappa shape index (κ1) is 17.6. The van der Waals surface area contributed by atoms with Gasteiger partial charge in [0.05, 0.1) is 18.7 Å². The predicted molar refractivity (Wildman–Crippen MR) is 103 cm³/mol. The quantitative estimate of drug-likeness (QED) is 0.701. The summed E-state index contributed by atoms with van der Waals surface area (Å²) in [4.78, 5) is 4.24. The van der Waals surface area contributed by atoms with Crippen molar-refractivity contribution in [3.8, 4) is 5.75 Å². The summed E-state index contributed by atoms with van der Waals surface area (Å²) in [5, 5.41) is 7.91. The Balaban J connectivity index is 1.73. The zero-order chi connectivity index (χ0) is 19.0. The Morgan fingerprint density at radius 3 is 2.78 bits per heavy atom. The Labute approximate surface area is 161 Å². The fraction of sp³-hybridized carbons (Fsp3) is 0.263. The fourth-order valence-electron chi connectivity index (χ4n) is 3.45. The van der Waals surface area contributed by atoms with Gasteiger partial charge in [-0.25, -0.2) is 9.07 Å². The SMILES string of the molecule is CCOc1ccc(C2CC(c3c(F)cccc3Cl)n3nc(N)nc3N2)cc1. The summed E-state index contributed by atoms with van der Waals surface area (Å²) in [5.74, 6) is 1.04. The third-order valence-corrected chi connectivity index (χ3v) is 4.96. The van der Waals surface area contributed by atoms with E-state index in [9.17, 15) is 4.39 Å². The maximum absolute atomic E-state index is 14.6. The molecule has 2 heterocycles. The van der Waals surface area contributed by atoms with E-state index >= 15 is 0 Å². The molecule has 2 aromatic carbocycles. The molecule has 8 heteroatoms. The number of hydrogen-bond donors (Lipinski definition) is 2. The van der Waals surface area contributed by atoms with E-state index in [4.69, 9.17) is 22.1 Å². The molecule has 3 aromatic rings. The Kier molecular flexibility index (Phi) is 4.61. The van der Waals surface area contributed by atoms with Crippen LogP contribution in [0, 0.1) is 5.82 Å². The highest BCUT2D eigenvalue weighted by molar-refractivity contribution is 6.31. The molecule has 2 unspecified atom stereocenters. The lowest BCUT2D eigenvalue weighted by Gasteiger charge is -2.32. The molecule has 0 radical (unpaired) electrons. The number of benzene rings is 2. The van der Waals surface area contributed by atoms with Gasteiger partial charge in [-0.2, -0.15) is 4.98 Å². The van der Waals surface area contributed by atoms with Crippen molar-refractivity contribution in [3.63, 3.8) is 0 Å². The fourth-order valence-corrected chi connectivity index (χ4v) is 3.73. The maximum atomic E-state index is 14.6. The average molecular weight is 388 g/mol. The van der Waals surface area contributed by atoms with Gasteiger partial charge in [-0.3, -0.25) is 0 Å². The number of halogens is 2. The van der Waals surface area contributed by atoms with Crippen LogP contribution in [-0.4, -0.2) is 21.4 Å². The summed E-state index contributed by atoms with van der Waals surface area (Å²) in [6.07, 6.45) is 0.546. The van der Waals surface area contributed by atoms with Crippen molar-refractivity contribution < 1.29 is 9.13 Å². The van der Waals surface area contributed by atoms with Crippen LogP contribution < -0.4 is 15.8 Å². The van der Waals surface area contributed by atoms with Crippen molar-refractivity contribution >= 4 is 23.5 Å². The minimum atomic E-state index is -0.420. The zero-order valence-corrected chi connectivity index (χ0v) is 15.4. The highest BCUT2D eigenvalue weighted by Gasteiger charge is 2.33. The third-order valence-electron chi connectivity index (χ3n) is 4.63. The number of nitrogens with one attached hydrogen (secondary N) is 1. The van der Waals surface area contributed by atoms with Gasteiger partial charge in [-0.1, -0.05) is 29.8 Å². The molecule has 1 aliphatic heterocycles. The van der Waals surface area contributed by atoms with Crippen molar-refractivity contribution in [2.24, 2.45) is 0 Å². The molecule has 1 aromatic heterocycles. The minimum Gasteiger partial charge on any atom is -0.494 e. The summed E-state index contributed by atoms with van der Waals surface area (Å²) >= 11 is 6.32. The first-order valence-electron chi connectivity index (χ1n) is 8.72. The van der Waals surface area contributed by atoms with Gasteiger partial charge in [0.25, 0.3) is 0 Å². The Bertz CT molecular complexity index is 939. The van der Waals surface area contributed by atoms with E-state index in [1.807, 2.05) is 31.2 Å². The molecule has 1 aliphatic rings. The van der Waals surface area contributed by atoms with Gasteiger partial charge < -0.3 is 15.8 Å². The molecule has 0 aliphatic carbocycles. The molecule has 3 N–H and O–H groups in total. The molecule has 0 spiro atoms. The van der Waals surface area contributed by atoms with Crippen molar-refractivity contribution in [2.75, 3.05) is 17.7 Å². The van der Waals surface area contributed by atoms with E-state index in [0.717, 1.165) is 11.3 Å². The van der Waals surface area contributed by atoms with Crippen molar-refractivity contribution in [2.45, 2.75) is 25.4 Å². The lowest BCUT2D eigenvalue weighted by Crippen LogP contribution is -2.28. The second-order valence-corrected chi connectivity index (χ2v) is 6.73. The number of anilines is 2. The van der Waals surface area contributed by atoms with Crippen LogP contribution in [0.2, 0.25) is 5.02 Å². The smallest absolute Gasteiger partial charge is 0.241 e. The van der Waals surface area contributed by atoms with Crippen LogP contribution in [-0.2, 0) is 0 Å². The zero-order valence-electron chi connectivity index (χ0n) is 14.7. The van der Waals surface area contributed by atoms with E-state index in [1.165, 1.54) is 6.07 Å². The molecule has 0 saturated carbocycles. The molecule has 2 atom stereocenters. The maximum Gasteiger partial charge on any atom is 0.241 e. The van der Waals surface area contributed by atoms with Crippen LogP contribution in [0.1, 0.15) is 36.6 Å². The minimum absolute atomic E-state index is 0.0996. The molecule has 0 fully saturated rings. The Hall–Kier alpha value is -2.80. The largest absolute Gasteiger partial charge is 0.494 e. The average Bonchev–Trinajstić information content (AvgIpc) is 3.02. The van der Waals surface area contributed by atoms with Gasteiger partial charge in [0.1, 0.15) is 11.6 Å². The van der Waals surface area contributed by atoms with Gasteiger partial charge in [0.15, 0.2) is 0 Å². The van der Waals surface area contributed by atoms with Crippen LogP contribution >= 0.6 is 11.6 Å². The molecule has 0 saturated heterocycles. The number of ether oxygens (including phenoxy) is 1. The Morgan fingerprint density at radius 2 is 2.07 bits per heavy atom. The highest BCUT2D eigenvalue weighted by atomic mass is 35.5. The van der Waals surface area contributed by atoms with E-state index in [2.05, 4.69) is 15.4 Å². The van der Waals surface area contributed by atoms with Crippen molar-refractivity contribution in [3.05, 3.63) is 64.4 Å². The molecule has 4 rings (SSSR count). The number of nitrogens with two attached hydrogens (primary N) is 1. The molecule has 0 bridgehead atoms. The number of nitrogens with zero attached hydrogens (tertiary/aromatic N) is 3. The van der Waals surface area contributed by atoms with Crippen LogP contribution in [0.15, 0.2) is 42.5 Å². The number of fused-ring (bicyclic) bond motifs is 1. The number of rotatable bonds is 4. The van der Waals surface area contributed by atoms with Crippen LogP contribution in [0.4, 0.5) is 16.3 Å². The lowest BCUT2D eigenvalue weighted by molar-refractivity contribution is 0.340. The van der Waals surface area contributed by atoms with Gasteiger partial charge in [-0.05, 0) is 43.2 Å². The van der Waals surface area contributed by atoms with Gasteiger partial charge in [-0.15, -0.1) is 5.10 Å². The summed E-state index contributed by atoms with van der Waals surface area (Å²) < 4.78 is 21.7. The van der Waals surface area contributed by atoms with Crippen LogP contribution in [0.5, 0.6) is 5.75 Å². The van der Waals surface area contributed by atoms with E-state index in [0.29, 0.717) is 29.6 Å². The van der Waals surface area contributed by atoms with Crippen LogP contribution in [0.3, 0.4) is 0 Å². The summed E-state index contributed by atoms with van der Waals surface area (Å²) in [6, 6.07) is 11.9. The second-order valence-electron chi connectivity index (χ2n) is 6.32. The third kappa shape index (κ3) is 3.30. The first-order valence-corrected chi connectivity index (χ1v) is 9.10. The molecule has 27 heavy (non-hydrogen) atoms. The van der Waals surface area contributed by atoms with E-state index in [1.54, 1.807) is 16.8 Å². The molecule has 6 nitrogen and oxygen atoms in total. The Morgan fingerprint density at radius 1 is 1.30 bits per heavy atom. The van der Waals surface area contributed by atoms with Gasteiger partial charge >= 0.3 is 0 Å². The van der Waals surface area contributed by atoms with E-state index in [-0.39, 0.29) is 17.8 Å². The lowest BCUT2D eigenvalue weighted by atomic mass is 9.93. The molecular weight excluding hydrogens is 369 g/mol. The summed E-state index contributed by atoms with van der Waals surface area (Å²) in [6.45, 7) is 2.55. The first-order chi connectivity index (χ1) is 13.1. The number of hydrogen-bond acceptors (Lipinski definition) is 5. The molecule has 0 amide bonds. The van der Waals surface area contributed by atoms with Crippen LogP contribution in [0.25, 0.3) is 0 Å². The van der Waals surface area contributed by atoms with E-state index < -0.39 is 6.04 Å². The standard InChI is InChI=1S/C19H19ClFN5O/c1-2-27-12-8-6-11(7-9-12)15-10-16(17-13(20)4-3-5-14(17)21)26-19(23-15)24-18(22)25-26/h3-9,15-16H,2,10H2,1H3,(H3,22,23,24,25). The van der Waals surface area contributed by atoms with Gasteiger partial charge in [0.2, 0.25) is 11.9 Å². The monoisotopic (exact) mass is 387 g/mol. The topological polar surface area (TPSA) is 78.0 Å².